The minimum Gasteiger partial charge on any atom is -0.309 e. The molecule has 2 heterocycles. The second-order valence-electron chi connectivity index (χ2n) is 9.53. The van der Waals surface area contributed by atoms with Gasteiger partial charge >= 0.3 is 0 Å². The van der Waals surface area contributed by atoms with E-state index in [0.29, 0.717) is 0 Å². The third-order valence-corrected chi connectivity index (χ3v) is 10.3. The third-order valence-electron chi connectivity index (χ3n) is 7.23. The summed E-state index contributed by atoms with van der Waals surface area (Å²) in [7, 11) is -3.08. The van der Waals surface area contributed by atoms with E-state index in [0.717, 1.165) is 73.1 Å². The van der Waals surface area contributed by atoms with Crippen LogP contribution in [0.25, 0.3) is 32.9 Å². The molecule has 0 aliphatic rings. The smallest absolute Gasteiger partial charge is 0.171 e. The standard InChI is InChI=1S/C34H29N2OP/c1-3-26-20-18-24-19-21-31-32(23-27(4-2)36-34(31)33(24)35-26)25-12-11-17-30(22-25)38(37,28-13-7-5-8-14-28)29-15-9-6-10-16-29/h5-23H,3-4H2,1-2H3. The fourth-order valence-corrected chi connectivity index (χ4v) is 7.87. The Morgan fingerprint density at radius 3 is 1.84 bits per heavy atom. The largest absolute Gasteiger partial charge is 0.309 e. The zero-order valence-electron chi connectivity index (χ0n) is 21.6. The molecule has 0 unspecified atom stereocenters. The van der Waals surface area contributed by atoms with Crippen LogP contribution in [0.4, 0.5) is 0 Å². The molecule has 4 heteroatoms. The van der Waals surface area contributed by atoms with E-state index in [2.05, 4.69) is 56.3 Å². The Bertz CT molecular complexity index is 1770. The summed E-state index contributed by atoms with van der Waals surface area (Å²) in [5.74, 6) is 0. The van der Waals surface area contributed by atoms with Gasteiger partial charge in [-0.05, 0) is 42.2 Å². The predicted molar refractivity (Wildman–Crippen MR) is 161 cm³/mol. The predicted octanol–water partition coefficient (Wildman–Crippen LogP) is 7.21. The monoisotopic (exact) mass is 512 g/mol. The van der Waals surface area contributed by atoms with Gasteiger partial charge in [0.05, 0.1) is 11.0 Å². The van der Waals surface area contributed by atoms with Crippen LogP contribution in [0.5, 0.6) is 0 Å². The quantitative estimate of drug-likeness (QED) is 0.175. The van der Waals surface area contributed by atoms with Crippen LogP contribution in [0.2, 0.25) is 0 Å². The lowest BCUT2D eigenvalue weighted by Crippen LogP contribution is -2.25. The highest BCUT2D eigenvalue weighted by Crippen LogP contribution is 2.43. The molecule has 4 aromatic carbocycles. The van der Waals surface area contributed by atoms with Crippen LogP contribution in [-0.2, 0) is 17.4 Å². The summed E-state index contributed by atoms with van der Waals surface area (Å²) in [4.78, 5) is 9.99. The maximum atomic E-state index is 15.0. The number of fused-ring (bicyclic) bond motifs is 3. The summed E-state index contributed by atoms with van der Waals surface area (Å²) in [5.41, 5.74) is 6.06. The van der Waals surface area contributed by atoms with Crippen LogP contribution in [0.3, 0.4) is 0 Å². The first-order chi connectivity index (χ1) is 18.6. The fraction of sp³-hybridized carbons (Fsp3) is 0.118. The van der Waals surface area contributed by atoms with E-state index < -0.39 is 7.14 Å². The number of hydrogen-bond acceptors (Lipinski definition) is 3. The maximum absolute atomic E-state index is 15.0. The highest BCUT2D eigenvalue weighted by molar-refractivity contribution is 7.85. The maximum Gasteiger partial charge on any atom is 0.171 e. The van der Waals surface area contributed by atoms with Crippen molar-refractivity contribution in [2.24, 2.45) is 0 Å². The molecule has 3 nitrogen and oxygen atoms in total. The Hall–Kier alpha value is -4.07. The van der Waals surface area contributed by atoms with Crippen LogP contribution in [0, 0.1) is 0 Å². The van der Waals surface area contributed by atoms with E-state index in [1.165, 1.54) is 0 Å². The lowest BCUT2D eigenvalue weighted by Gasteiger charge is -2.21. The first-order valence-electron chi connectivity index (χ1n) is 13.2. The van der Waals surface area contributed by atoms with Crippen LogP contribution in [-0.4, -0.2) is 9.97 Å². The van der Waals surface area contributed by atoms with Crippen LogP contribution >= 0.6 is 7.14 Å². The van der Waals surface area contributed by atoms with Gasteiger partial charge in [0, 0.05) is 38.1 Å². The number of pyridine rings is 2. The van der Waals surface area contributed by atoms with Crippen molar-refractivity contribution < 1.29 is 4.57 Å². The number of aryl methyl sites for hydroxylation is 2. The SMILES string of the molecule is CCc1ccc2ccc3c(-c4cccc(P(=O)(c5ccccc5)c5ccccc5)c4)cc(CC)nc3c2n1. The van der Waals surface area contributed by atoms with Gasteiger partial charge in [0.1, 0.15) is 0 Å². The van der Waals surface area contributed by atoms with E-state index in [1.807, 2.05) is 72.8 Å². The summed E-state index contributed by atoms with van der Waals surface area (Å²) in [6.45, 7) is 4.25. The van der Waals surface area contributed by atoms with Crippen molar-refractivity contribution in [2.45, 2.75) is 26.7 Å². The summed E-state index contributed by atoms with van der Waals surface area (Å²) in [5, 5.41) is 4.64. The van der Waals surface area contributed by atoms with Crippen molar-refractivity contribution in [2.75, 3.05) is 0 Å². The zero-order valence-corrected chi connectivity index (χ0v) is 22.5. The van der Waals surface area contributed by atoms with Crippen molar-refractivity contribution in [3.63, 3.8) is 0 Å². The molecular formula is C34H29N2OP. The molecule has 0 N–H and O–H groups in total. The lowest BCUT2D eigenvalue weighted by atomic mass is 9.98. The van der Waals surface area contributed by atoms with Crippen LogP contribution < -0.4 is 15.9 Å². The van der Waals surface area contributed by atoms with Crippen molar-refractivity contribution in [3.8, 4) is 11.1 Å². The summed E-state index contributed by atoms with van der Waals surface area (Å²) >= 11 is 0. The van der Waals surface area contributed by atoms with E-state index in [1.54, 1.807) is 0 Å². The molecule has 0 spiro atoms. The Balaban J connectivity index is 1.61. The zero-order chi connectivity index (χ0) is 26.1. The molecular weight excluding hydrogens is 483 g/mol. The van der Waals surface area contributed by atoms with Gasteiger partial charge in [0.15, 0.2) is 7.14 Å². The van der Waals surface area contributed by atoms with Gasteiger partial charge in [0.2, 0.25) is 0 Å². The minimum absolute atomic E-state index is 0.818. The van der Waals surface area contributed by atoms with Crippen molar-refractivity contribution in [1.29, 1.82) is 0 Å². The van der Waals surface area contributed by atoms with Crippen molar-refractivity contribution in [3.05, 3.63) is 127 Å². The van der Waals surface area contributed by atoms with Crippen molar-refractivity contribution >= 4 is 44.9 Å². The fourth-order valence-electron chi connectivity index (χ4n) is 5.17. The second-order valence-corrected chi connectivity index (χ2v) is 12.3. The minimum atomic E-state index is -3.08. The molecule has 2 aromatic heterocycles. The second kappa shape index (κ2) is 10.0. The summed E-state index contributed by atoms with van der Waals surface area (Å²) < 4.78 is 15.0. The van der Waals surface area contributed by atoms with Gasteiger partial charge < -0.3 is 4.57 Å². The first-order valence-corrected chi connectivity index (χ1v) is 14.9. The molecule has 0 atom stereocenters. The number of nitrogens with zero attached hydrogens (tertiary/aromatic N) is 2. The van der Waals surface area contributed by atoms with Gasteiger partial charge in [-0.2, -0.15) is 0 Å². The van der Waals surface area contributed by atoms with E-state index >= 15 is 4.57 Å². The van der Waals surface area contributed by atoms with E-state index in [-0.39, 0.29) is 0 Å². The molecule has 186 valence electrons. The summed E-state index contributed by atoms with van der Waals surface area (Å²) in [6.07, 6.45) is 1.70. The molecule has 0 radical (unpaired) electrons. The average Bonchev–Trinajstić information content (AvgIpc) is 3.00. The van der Waals surface area contributed by atoms with Gasteiger partial charge in [-0.3, -0.25) is 9.97 Å². The topological polar surface area (TPSA) is 42.9 Å². The molecule has 0 amide bonds. The van der Waals surface area contributed by atoms with Crippen LogP contribution in [0.15, 0.2) is 115 Å². The van der Waals surface area contributed by atoms with Gasteiger partial charge in [-0.15, -0.1) is 0 Å². The number of benzene rings is 4. The van der Waals surface area contributed by atoms with Gasteiger partial charge in [-0.25, -0.2) is 0 Å². The van der Waals surface area contributed by atoms with Crippen LogP contribution in [0.1, 0.15) is 25.2 Å². The molecule has 0 aliphatic carbocycles. The highest BCUT2D eigenvalue weighted by Gasteiger charge is 2.30. The average molecular weight is 513 g/mol. The van der Waals surface area contributed by atoms with Gasteiger partial charge in [0.25, 0.3) is 0 Å². The normalized spacial score (nSPS) is 11.7. The molecule has 6 aromatic rings. The Morgan fingerprint density at radius 2 is 1.18 bits per heavy atom. The Labute approximate surface area is 223 Å². The molecule has 6 rings (SSSR count). The Kier molecular flexibility index (Phi) is 6.39. The molecule has 0 aliphatic heterocycles. The first kappa shape index (κ1) is 24.3. The number of hydrogen-bond donors (Lipinski definition) is 0. The molecule has 0 bridgehead atoms. The molecule has 0 fully saturated rings. The summed E-state index contributed by atoms with van der Waals surface area (Å²) in [6, 6.07) is 38.6. The Morgan fingerprint density at radius 1 is 0.579 bits per heavy atom. The van der Waals surface area contributed by atoms with Crippen molar-refractivity contribution in [1.82, 2.24) is 9.97 Å². The molecule has 38 heavy (non-hydrogen) atoms. The third kappa shape index (κ3) is 4.14. The lowest BCUT2D eigenvalue weighted by molar-refractivity contribution is 0.592. The molecule has 0 saturated carbocycles. The number of rotatable bonds is 6. The van der Waals surface area contributed by atoms with Gasteiger partial charge in [-0.1, -0.05) is 111 Å². The van der Waals surface area contributed by atoms with E-state index in [9.17, 15) is 0 Å². The number of aromatic nitrogens is 2. The van der Waals surface area contributed by atoms with E-state index in [4.69, 9.17) is 9.97 Å². The highest BCUT2D eigenvalue weighted by atomic mass is 31.2. The molecule has 0 saturated heterocycles.